The van der Waals surface area contributed by atoms with Crippen molar-refractivity contribution in [2.24, 2.45) is 0 Å². The molecule has 0 aliphatic carbocycles. The van der Waals surface area contributed by atoms with Crippen LogP contribution in [-0.2, 0) is 22.1 Å². The Morgan fingerprint density at radius 3 is 2.52 bits per heavy atom. The van der Waals surface area contributed by atoms with Gasteiger partial charge in [-0.2, -0.15) is 13.2 Å². The number of ether oxygens (including phenoxy) is 1. The predicted molar refractivity (Wildman–Crippen MR) is 99.9 cm³/mol. The first-order chi connectivity index (χ1) is 13.7. The van der Waals surface area contributed by atoms with Crippen LogP contribution in [0.15, 0.2) is 42.7 Å². The van der Waals surface area contributed by atoms with Crippen LogP contribution >= 0.6 is 11.6 Å². The number of esters is 1. The van der Waals surface area contributed by atoms with Crippen LogP contribution in [0, 0.1) is 0 Å². The average Bonchev–Trinajstić information content (AvgIpc) is 3.04. The monoisotopic (exact) mass is 425 g/mol. The Hall–Kier alpha value is -3.07. The van der Waals surface area contributed by atoms with Crippen molar-refractivity contribution in [1.82, 2.24) is 9.38 Å². The maximum atomic E-state index is 12.9. The summed E-state index contributed by atoms with van der Waals surface area (Å²) in [7, 11) is 0. The third-order valence-electron chi connectivity index (χ3n) is 3.90. The number of amides is 1. The number of nitrogens with one attached hydrogen (secondary N) is 1. The summed E-state index contributed by atoms with van der Waals surface area (Å²) >= 11 is 5.89. The standard InChI is InChI=1S/C19H15ClF3N3O3/c1-2-29-18(28)11-3-5-13(6-4-11)24-16(27)8-14-10-26-9-12(19(21,22)23)7-15(20)17(26)25-14/h3-7,9-10H,2,8H2,1H3,(H,24,27). The summed E-state index contributed by atoms with van der Waals surface area (Å²) in [4.78, 5) is 28.0. The van der Waals surface area contributed by atoms with Crippen molar-refractivity contribution in [1.29, 1.82) is 0 Å². The Bertz CT molecular complexity index is 1060. The lowest BCUT2D eigenvalue weighted by atomic mass is 10.2. The molecule has 0 aliphatic rings. The average molecular weight is 426 g/mol. The Kier molecular flexibility index (Phi) is 5.78. The molecule has 3 aromatic rings. The van der Waals surface area contributed by atoms with Crippen molar-refractivity contribution >= 4 is 34.8 Å². The number of rotatable bonds is 5. The molecule has 0 spiro atoms. The molecule has 0 saturated carbocycles. The zero-order valence-electron chi connectivity index (χ0n) is 15.1. The number of fused-ring (bicyclic) bond motifs is 1. The molecule has 0 atom stereocenters. The van der Waals surface area contributed by atoms with E-state index in [1.54, 1.807) is 19.1 Å². The Morgan fingerprint density at radius 1 is 1.21 bits per heavy atom. The van der Waals surface area contributed by atoms with Gasteiger partial charge in [-0.15, -0.1) is 0 Å². The number of imidazole rings is 1. The van der Waals surface area contributed by atoms with Gasteiger partial charge < -0.3 is 14.5 Å². The van der Waals surface area contributed by atoms with Crippen LogP contribution in [0.5, 0.6) is 0 Å². The fourth-order valence-electron chi connectivity index (χ4n) is 2.62. The first-order valence-electron chi connectivity index (χ1n) is 8.48. The molecule has 1 N–H and O–H groups in total. The highest BCUT2D eigenvalue weighted by Crippen LogP contribution is 2.32. The van der Waals surface area contributed by atoms with Gasteiger partial charge in [-0.1, -0.05) is 11.6 Å². The highest BCUT2D eigenvalue weighted by molar-refractivity contribution is 6.33. The van der Waals surface area contributed by atoms with Crippen molar-refractivity contribution in [3.8, 4) is 0 Å². The molecule has 6 nitrogen and oxygen atoms in total. The number of nitrogens with zero attached hydrogens (tertiary/aromatic N) is 2. The zero-order chi connectivity index (χ0) is 21.2. The molecule has 0 unspecified atom stereocenters. The number of carbonyl (C=O) groups is 2. The Labute approximate surface area is 168 Å². The number of halogens is 4. The maximum absolute atomic E-state index is 12.9. The number of pyridine rings is 1. The van der Waals surface area contributed by atoms with E-state index in [4.69, 9.17) is 16.3 Å². The molecule has 3 rings (SSSR count). The fourth-order valence-corrected chi connectivity index (χ4v) is 2.88. The van der Waals surface area contributed by atoms with Gasteiger partial charge in [0.15, 0.2) is 5.65 Å². The molecule has 0 bridgehead atoms. The number of alkyl halides is 3. The van der Waals surface area contributed by atoms with E-state index in [9.17, 15) is 22.8 Å². The number of benzene rings is 1. The van der Waals surface area contributed by atoms with Crippen LogP contribution in [0.4, 0.5) is 18.9 Å². The normalized spacial score (nSPS) is 11.5. The quantitative estimate of drug-likeness (QED) is 0.616. The van der Waals surface area contributed by atoms with Gasteiger partial charge >= 0.3 is 12.1 Å². The minimum Gasteiger partial charge on any atom is -0.462 e. The van der Waals surface area contributed by atoms with Gasteiger partial charge in [0.25, 0.3) is 0 Å². The van der Waals surface area contributed by atoms with Crippen molar-refractivity contribution in [3.63, 3.8) is 0 Å². The summed E-state index contributed by atoms with van der Waals surface area (Å²) in [6.07, 6.45) is -2.53. The number of anilines is 1. The van der Waals surface area contributed by atoms with Crippen LogP contribution < -0.4 is 5.32 Å². The predicted octanol–water partition coefficient (Wildman–Crippen LogP) is 4.36. The number of hydrogen-bond donors (Lipinski definition) is 1. The third kappa shape index (κ3) is 4.86. The summed E-state index contributed by atoms with van der Waals surface area (Å²) in [5.74, 6) is -0.894. The second-order valence-corrected chi connectivity index (χ2v) is 6.47. The molecule has 2 heterocycles. The van der Waals surface area contributed by atoms with Gasteiger partial charge in [0, 0.05) is 18.1 Å². The molecule has 152 valence electrons. The van der Waals surface area contributed by atoms with E-state index in [-0.39, 0.29) is 29.4 Å². The first kappa shape index (κ1) is 20.7. The van der Waals surface area contributed by atoms with Gasteiger partial charge in [0.05, 0.1) is 34.9 Å². The summed E-state index contributed by atoms with van der Waals surface area (Å²) < 4.78 is 44.7. The number of carbonyl (C=O) groups excluding carboxylic acids is 2. The molecule has 0 fully saturated rings. The topological polar surface area (TPSA) is 72.7 Å². The molecule has 1 aromatic carbocycles. The molecule has 0 radical (unpaired) electrons. The molecule has 2 aromatic heterocycles. The lowest BCUT2D eigenvalue weighted by Crippen LogP contribution is -2.14. The molecule has 10 heteroatoms. The number of aromatic nitrogens is 2. The van der Waals surface area contributed by atoms with Crippen molar-refractivity contribution in [2.45, 2.75) is 19.5 Å². The van der Waals surface area contributed by atoms with Crippen LogP contribution in [-0.4, -0.2) is 27.9 Å². The zero-order valence-corrected chi connectivity index (χ0v) is 15.8. The highest BCUT2D eigenvalue weighted by atomic mass is 35.5. The lowest BCUT2D eigenvalue weighted by Gasteiger charge is -2.07. The Morgan fingerprint density at radius 2 is 1.90 bits per heavy atom. The van der Waals surface area contributed by atoms with E-state index in [1.165, 1.54) is 18.3 Å². The van der Waals surface area contributed by atoms with Crippen molar-refractivity contribution in [2.75, 3.05) is 11.9 Å². The molecular formula is C19H15ClF3N3O3. The van der Waals surface area contributed by atoms with Crippen molar-refractivity contribution < 1.29 is 27.5 Å². The van der Waals surface area contributed by atoms with Crippen LogP contribution in [0.1, 0.15) is 28.5 Å². The van der Waals surface area contributed by atoms with Crippen LogP contribution in [0.25, 0.3) is 5.65 Å². The van der Waals surface area contributed by atoms with E-state index in [2.05, 4.69) is 10.3 Å². The van der Waals surface area contributed by atoms with E-state index in [0.717, 1.165) is 16.7 Å². The summed E-state index contributed by atoms with van der Waals surface area (Å²) in [6, 6.07) is 6.90. The minimum absolute atomic E-state index is 0.126. The Balaban J connectivity index is 1.71. The molecule has 0 aliphatic heterocycles. The molecule has 0 saturated heterocycles. The van der Waals surface area contributed by atoms with E-state index >= 15 is 0 Å². The van der Waals surface area contributed by atoms with Gasteiger partial charge in [-0.3, -0.25) is 4.79 Å². The van der Waals surface area contributed by atoms with Crippen molar-refractivity contribution in [3.05, 3.63) is 64.6 Å². The van der Waals surface area contributed by atoms with E-state index in [1.807, 2.05) is 0 Å². The smallest absolute Gasteiger partial charge is 0.417 e. The number of hydrogen-bond acceptors (Lipinski definition) is 4. The second kappa shape index (κ2) is 8.12. The van der Waals surface area contributed by atoms with Crippen LogP contribution in [0.3, 0.4) is 0 Å². The maximum Gasteiger partial charge on any atom is 0.417 e. The molecule has 1 amide bonds. The summed E-state index contributed by atoms with van der Waals surface area (Å²) in [6.45, 7) is 1.95. The molecular weight excluding hydrogens is 411 g/mol. The second-order valence-electron chi connectivity index (χ2n) is 6.06. The minimum atomic E-state index is -4.55. The van der Waals surface area contributed by atoms with Gasteiger partial charge in [-0.05, 0) is 37.3 Å². The summed E-state index contributed by atoms with van der Waals surface area (Å²) in [5.41, 5.74) is 0.266. The van der Waals surface area contributed by atoms with Crippen LogP contribution in [0.2, 0.25) is 5.02 Å². The SMILES string of the molecule is CCOC(=O)c1ccc(NC(=O)Cc2cn3cc(C(F)(F)F)cc(Cl)c3n2)cc1. The first-order valence-corrected chi connectivity index (χ1v) is 8.86. The van der Waals surface area contributed by atoms with Gasteiger partial charge in [-0.25, -0.2) is 9.78 Å². The van der Waals surface area contributed by atoms with E-state index in [0.29, 0.717) is 11.3 Å². The highest BCUT2D eigenvalue weighted by Gasteiger charge is 2.32. The van der Waals surface area contributed by atoms with E-state index < -0.39 is 23.6 Å². The van der Waals surface area contributed by atoms with Gasteiger partial charge in [0.1, 0.15) is 0 Å². The molecule has 29 heavy (non-hydrogen) atoms. The third-order valence-corrected chi connectivity index (χ3v) is 4.18. The largest absolute Gasteiger partial charge is 0.462 e. The van der Waals surface area contributed by atoms with Gasteiger partial charge in [0.2, 0.25) is 5.91 Å². The summed E-state index contributed by atoms with van der Waals surface area (Å²) in [5, 5.41) is 2.46. The lowest BCUT2D eigenvalue weighted by molar-refractivity contribution is -0.137. The fraction of sp³-hybridized carbons (Fsp3) is 0.211.